The molecule has 2 aromatic carbocycles. The maximum Gasteiger partial charge on any atom is 0.145 e. The smallest absolute Gasteiger partial charge is 0.145 e. The lowest BCUT2D eigenvalue weighted by Gasteiger charge is -2.19. The number of benzene rings is 2. The average molecular weight is 283 g/mol. The number of amidine groups is 1. The third-order valence-electron chi connectivity index (χ3n) is 3.32. The van der Waals surface area contributed by atoms with Crippen LogP contribution in [-0.4, -0.2) is 29.7 Å². The Morgan fingerprint density at radius 1 is 1.19 bits per heavy atom. The van der Waals surface area contributed by atoms with Crippen LogP contribution in [0.15, 0.2) is 58.5 Å². The lowest BCUT2D eigenvalue weighted by atomic mass is 10.1. The van der Waals surface area contributed by atoms with Gasteiger partial charge in [0.25, 0.3) is 0 Å². The van der Waals surface area contributed by atoms with Crippen molar-refractivity contribution in [3.8, 4) is 0 Å². The second-order valence-electron chi connectivity index (χ2n) is 4.69. The molecule has 21 heavy (non-hydrogen) atoms. The van der Waals surface area contributed by atoms with Crippen LogP contribution in [0.1, 0.15) is 5.56 Å². The van der Waals surface area contributed by atoms with E-state index in [1.54, 1.807) is 13.1 Å². The molecule has 0 bridgehead atoms. The first kappa shape index (κ1) is 13.5. The Morgan fingerprint density at radius 3 is 2.67 bits per heavy atom. The second kappa shape index (κ2) is 5.46. The summed E-state index contributed by atoms with van der Waals surface area (Å²) in [4.78, 5) is 8.43. The Balaban J connectivity index is 2.42. The molecule has 0 radical (unpaired) electrons. The topological polar surface area (TPSA) is 48.2 Å². The number of aliphatic imine (C=N–C) groups is 1. The number of hydrogen-bond donors (Lipinski definition) is 1. The first-order chi connectivity index (χ1) is 10.2. The molecular weight excluding hydrogens is 269 g/mol. The predicted octanol–water partition coefficient (Wildman–Crippen LogP) is 1.33. The van der Waals surface area contributed by atoms with E-state index in [2.05, 4.69) is 9.98 Å². The van der Waals surface area contributed by atoms with Gasteiger partial charge in [-0.05, 0) is 18.2 Å². The van der Waals surface area contributed by atoms with Crippen molar-refractivity contribution in [2.24, 2.45) is 9.98 Å². The van der Waals surface area contributed by atoms with E-state index in [1.807, 2.05) is 30.3 Å². The van der Waals surface area contributed by atoms with E-state index in [9.17, 15) is 9.60 Å². The molecule has 0 atom stereocenters. The van der Waals surface area contributed by atoms with Gasteiger partial charge >= 0.3 is 0 Å². The highest BCUT2D eigenvalue weighted by Crippen LogP contribution is 2.15. The van der Waals surface area contributed by atoms with Crippen molar-refractivity contribution < 1.29 is 9.60 Å². The number of hydrogen-bond acceptors (Lipinski definition) is 3. The molecule has 0 amide bonds. The van der Waals surface area contributed by atoms with Gasteiger partial charge in [-0.15, -0.1) is 0 Å². The van der Waals surface area contributed by atoms with Crippen LogP contribution in [-0.2, 0) is 0 Å². The van der Waals surface area contributed by atoms with Crippen LogP contribution in [0.2, 0.25) is 0 Å². The zero-order valence-electron chi connectivity index (χ0n) is 11.5. The number of nitrogens with zero attached hydrogens (tertiary/aromatic N) is 3. The van der Waals surface area contributed by atoms with E-state index in [0.29, 0.717) is 22.1 Å². The minimum absolute atomic E-state index is 0.150. The summed E-state index contributed by atoms with van der Waals surface area (Å²) >= 11 is 0. The Bertz CT molecular complexity index is 815. The molecule has 0 aliphatic carbocycles. The highest BCUT2D eigenvalue weighted by atomic mass is 19.1. The summed E-state index contributed by atoms with van der Waals surface area (Å²) in [6, 6.07) is 13.7. The highest BCUT2D eigenvalue weighted by Gasteiger charge is 2.17. The second-order valence-corrected chi connectivity index (χ2v) is 4.69. The van der Waals surface area contributed by atoms with Crippen molar-refractivity contribution in [2.75, 3.05) is 13.6 Å². The van der Waals surface area contributed by atoms with Crippen LogP contribution < -0.4 is 10.6 Å². The first-order valence-electron chi connectivity index (χ1n) is 6.55. The summed E-state index contributed by atoms with van der Waals surface area (Å²) < 4.78 is 13.6. The van der Waals surface area contributed by atoms with E-state index in [4.69, 9.17) is 0 Å². The monoisotopic (exact) mass is 283 g/mol. The summed E-state index contributed by atoms with van der Waals surface area (Å²) in [5.41, 5.74) is 1.31. The number of fused-ring (bicyclic) bond motifs is 1. The van der Waals surface area contributed by atoms with Crippen LogP contribution in [0.4, 0.5) is 4.39 Å². The molecule has 1 N–H and O–H groups in total. The van der Waals surface area contributed by atoms with Gasteiger partial charge in [0.15, 0.2) is 0 Å². The van der Waals surface area contributed by atoms with Crippen molar-refractivity contribution in [2.45, 2.75) is 0 Å². The van der Waals surface area contributed by atoms with Crippen molar-refractivity contribution in [1.82, 2.24) is 5.06 Å². The molecule has 0 aromatic heterocycles. The molecule has 4 nitrogen and oxygen atoms in total. The fraction of sp³-hybridized carbons (Fsp3) is 0.125. The summed E-state index contributed by atoms with van der Waals surface area (Å²) in [6.45, 7) is 0.150. The largest absolute Gasteiger partial charge is 0.288 e. The third kappa shape index (κ3) is 2.55. The van der Waals surface area contributed by atoms with Crippen molar-refractivity contribution in [1.29, 1.82) is 0 Å². The maximum absolute atomic E-state index is 13.6. The van der Waals surface area contributed by atoms with Gasteiger partial charge in [0, 0.05) is 17.8 Å². The Labute approximate surface area is 121 Å². The van der Waals surface area contributed by atoms with Crippen LogP contribution in [0.3, 0.4) is 0 Å². The lowest BCUT2D eigenvalue weighted by Crippen LogP contribution is -2.32. The van der Waals surface area contributed by atoms with E-state index in [0.717, 1.165) is 10.6 Å². The standard InChI is InChI=1S/C16H14FN3O/c1-18-15-10-20(21)16(11-5-3-2-4-6-11)13-9-12(17)7-8-14(13)19-15/h2-9,21H,10H2,1H3/b18-15-. The molecule has 2 aromatic rings. The van der Waals surface area contributed by atoms with E-state index in [-0.39, 0.29) is 12.4 Å². The van der Waals surface area contributed by atoms with E-state index < -0.39 is 0 Å². The van der Waals surface area contributed by atoms with Gasteiger partial charge in [-0.1, -0.05) is 30.3 Å². The normalized spacial score (nSPS) is 16.4. The fourth-order valence-electron chi connectivity index (χ4n) is 2.34. The Hall–Kier alpha value is -2.53. The van der Waals surface area contributed by atoms with Gasteiger partial charge in [-0.25, -0.2) is 14.4 Å². The van der Waals surface area contributed by atoms with Crippen LogP contribution in [0.25, 0.3) is 5.70 Å². The maximum atomic E-state index is 13.6. The molecule has 1 aliphatic heterocycles. The lowest BCUT2D eigenvalue weighted by molar-refractivity contribution is -0.0119. The summed E-state index contributed by atoms with van der Waals surface area (Å²) in [5.74, 6) is 0.110. The molecule has 3 rings (SSSR count). The summed E-state index contributed by atoms with van der Waals surface area (Å²) in [7, 11) is 1.61. The number of halogens is 1. The molecule has 0 spiro atoms. The van der Waals surface area contributed by atoms with Crippen molar-refractivity contribution in [3.63, 3.8) is 0 Å². The van der Waals surface area contributed by atoms with E-state index >= 15 is 0 Å². The Morgan fingerprint density at radius 2 is 1.95 bits per heavy atom. The quantitative estimate of drug-likeness (QED) is 0.858. The van der Waals surface area contributed by atoms with Crippen LogP contribution >= 0.6 is 0 Å². The molecule has 0 unspecified atom stereocenters. The van der Waals surface area contributed by atoms with Gasteiger partial charge < -0.3 is 0 Å². The molecule has 1 heterocycles. The van der Waals surface area contributed by atoms with Gasteiger partial charge in [-0.2, -0.15) is 0 Å². The minimum atomic E-state index is -0.373. The SMILES string of the molecule is C/N=C1/CN(O)C(c2ccccc2)=c2cc(F)ccc2=N1. The van der Waals surface area contributed by atoms with Crippen LogP contribution in [0, 0.1) is 5.82 Å². The number of rotatable bonds is 1. The molecule has 0 saturated carbocycles. The molecule has 5 heteroatoms. The average Bonchev–Trinajstić information content (AvgIpc) is 2.63. The minimum Gasteiger partial charge on any atom is -0.288 e. The van der Waals surface area contributed by atoms with E-state index in [1.165, 1.54) is 12.1 Å². The zero-order chi connectivity index (χ0) is 14.8. The molecule has 0 fully saturated rings. The van der Waals surface area contributed by atoms with Gasteiger partial charge in [0.05, 0.1) is 11.1 Å². The summed E-state index contributed by atoms with van der Waals surface area (Å²) in [6.07, 6.45) is 0. The molecule has 0 saturated heterocycles. The van der Waals surface area contributed by atoms with Crippen molar-refractivity contribution >= 4 is 11.5 Å². The van der Waals surface area contributed by atoms with Crippen LogP contribution in [0.5, 0.6) is 0 Å². The molecule has 106 valence electrons. The molecule has 1 aliphatic rings. The van der Waals surface area contributed by atoms with Crippen molar-refractivity contribution in [3.05, 3.63) is 70.5 Å². The molecular formula is C16H14FN3O. The Kier molecular flexibility index (Phi) is 3.50. The first-order valence-corrected chi connectivity index (χ1v) is 6.55. The number of hydroxylamine groups is 2. The predicted molar refractivity (Wildman–Crippen MR) is 78.0 cm³/mol. The van der Waals surface area contributed by atoms with Gasteiger partial charge in [0.2, 0.25) is 0 Å². The summed E-state index contributed by atoms with van der Waals surface area (Å²) in [5, 5.41) is 12.6. The highest BCUT2D eigenvalue weighted by molar-refractivity contribution is 5.87. The fourth-order valence-corrected chi connectivity index (χ4v) is 2.34. The van der Waals surface area contributed by atoms with Gasteiger partial charge in [-0.3, -0.25) is 10.2 Å². The third-order valence-corrected chi connectivity index (χ3v) is 3.32. The van der Waals surface area contributed by atoms with Gasteiger partial charge in [0.1, 0.15) is 18.2 Å². The zero-order valence-corrected chi connectivity index (χ0v) is 11.5.